The number of halogens is 1. The van der Waals surface area contributed by atoms with E-state index in [0.717, 1.165) is 22.2 Å². The molecule has 1 aliphatic rings. The van der Waals surface area contributed by atoms with Crippen LogP contribution in [0, 0.1) is 0 Å². The van der Waals surface area contributed by atoms with Gasteiger partial charge in [0.2, 0.25) is 0 Å². The zero-order valence-electron chi connectivity index (χ0n) is 17.7. The largest absolute Gasteiger partial charge is 0.508 e. The van der Waals surface area contributed by atoms with Crippen molar-refractivity contribution in [3.8, 4) is 17.2 Å². The molecule has 0 radical (unpaired) electrons. The van der Waals surface area contributed by atoms with E-state index < -0.39 is 11.1 Å². The second-order valence-corrected chi connectivity index (χ2v) is 8.52. The number of benzene rings is 3. The number of rotatable bonds is 7. The van der Waals surface area contributed by atoms with Gasteiger partial charge in [0.15, 0.2) is 11.5 Å². The van der Waals surface area contributed by atoms with Gasteiger partial charge >= 0.3 is 0 Å². The fraction of sp³-hybridized carbons (Fsp3) is 0.120. The summed E-state index contributed by atoms with van der Waals surface area (Å²) in [6, 6.07) is 18.6. The molecule has 1 saturated heterocycles. The number of hydrogen-bond donors (Lipinski definition) is 1. The van der Waals surface area contributed by atoms with Gasteiger partial charge < -0.3 is 14.6 Å². The van der Waals surface area contributed by atoms with E-state index in [0.29, 0.717) is 45.9 Å². The Morgan fingerprint density at radius 1 is 0.970 bits per heavy atom. The molecular weight excluding hydrogens is 462 g/mol. The summed E-state index contributed by atoms with van der Waals surface area (Å²) in [4.78, 5) is 26.7. The number of phenols is 1. The van der Waals surface area contributed by atoms with Gasteiger partial charge in [0.1, 0.15) is 12.4 Å². The highest BCUT2D eigenvalue weighted by Crippen LogP contribution is 2.37. The van der Waals surface area contributed by atoms with E-state index >= 15 is 0 Å². The lowest BCUT2D eigenvalue weighted by Gasteiger charge is -2.13. The Hall–Kier alpha value is -3.42. The van der Waals surface area contributed by atoms with Crippen LogP contribution in [0.15, 0.2) is 71.6 Å². The molecule has 1 N–H and O–H groups in total. The summed E-state index contributed by atoms with van der Waals surface area (Å²) < 4.78 is 11.7. The average Bonchev–Trinajstić information content (AvgIpc) is 3.08. The third-order valence-corrected chi connectivity index (χ3v) is 5.90. The molecule has 0 aromatic heterocycles. The van der Waals surface area contributed by atoms with E-state index in [1.165, 1.54) is 24.3 Å². The van der Waals surface area contributed by atoms with E-state index in [4.69, 9.17) is 21.1 Å². The van der Waals surface area contributed by atoms with Crippen molar-refractivity contribution in [1.82, 2.24) is 0 Å². The number of hydrogen-bond acceptors (Lipinski definition) is 6. The summed E-state index contributed by atoms with van der Waals surface area (Å²) in [5, 5.41) is 9.71. The minimum absolute atomic E-state index is 0.0584. The van der Waals surface area contributed by atoms with Crippen molar-refractivity contribution in [2.24, 2.45) is 0 Å². The number of aromatic hydroxyl groups is 1. The first-order chi connectivity index (χ1) is 15.9. The molecule has 0 atom stereocenters. The molecule has 6 nitrogen and oxygen atoms in total. The van der Waals surface area contributed by atoms with Crippen molar-refractivity contribution < 1.29 is 24.2 Å². The van der Waals surface area contributed by atoms with Gasteiger partial charge in [-0.05, 0) is 84.4 Å². The zero-order valence-corrected chi connectivity index (χ0v) is 19.2. The molecule has 2 amide bonds. The molecule has 168 valence electrons. The Bertz CT molecular complexity index is 1210. The standard InChI is InChI=1S/C25H20ClNO5S/c1-2-31-22-13-17(5-12-21(22)32-15-16-3-6-18(26)7-4-16)14-23-24(29)27(25(30)33-23)19-8-10-20(28)11-9-19/h3-14,28H,2,15H2,1H3/b23-14-. The number of amides is 2. The normalized spacial score (nSPS) is 14.7. The minimum Gasteiger partial charge on any atom is -0.508 e. The Labute approximate surface area is 200 Å². The van der Waals surface area contributed by atoms with Gasteiger partial charge in [-0.15, -0.1) is 0 Å². The summed E-state index contributed by atoms with van der Waals surface area (Å²) >= 11 is 6.79. The van der Waals surface area contributed by atoms with Gasteiger partial charge in [-0.1, -0.05) is 29.8 Å². The van der Waals surface area contributed by atoms with E-state index in [1.807, 2.05) is 19.1 Å². The first kappa shape index (κ1) is 22.8. The minimum atomic E-state index is -0.420. The molecule has 1 fully saturated rings. The molecule has 4 rings (SSSR count). The lowest BCUT2D eigenvalue weighted by Crippen LogP contribution is -2.27. The molecule has 0 spiro atoms. The molecule has 0 saturated carbocycles. The van der Waals surface area contributed by atoms with Crippen LogP contribution in [-0.4, -0.2) is 22.9 Å². The first-order valence-electron chi connectivity index (χ1n) is 10.2. The van der Waals surface area contributed by atoms with Crippen LogP contribution >= 0.6 is 23.4 Å². The fourth-order valence-electron chi connectivity index (χ4n) is 3.19. The quantitative estimate of drug-likeness (QED) is 0.401. The third kappa shape index (κ3) is 5.32. The topological polar surface area (TPSA) is 76.1 Å². The second-order valence-electron chi connectivity index (χ2n) is 7.09. The second kappa shape index (κ2) is 10.0. The van der Waals surface area contributed by atoms with Gasteiger partial charge in [0.25, 0.3) is 11.1 Å². The van der Waals surface area contributed by atoms with E-state index in [-0.39, 0.29) is 5.75 Å². The zero-order chi connectivity index (χ0) is 23.4. The van der Waals surface area contributed by atoms with Crippen molar-refractivity contribution in [1.29, 1.82) is 0 Å². The van der Waals surface area contributed by atoms with Gasteiger partial charge in [0, 0.05) is 5.02 Å². The van der Waals surface area contributed by atoms with Crippen LogP contribution in [0.25, 0.3) is 6.08 Å². The third-order valence-electron chi connectivity index (χ3n) is 4.77. The maximum absolute atomic E-state index is 12.9. The van der Waals surface area contributed by atoms with Gasteiger partial charge in [-0.3, -0.25) is 9.59 Å². The molecule has 8 heteroatoms. The number of anilines is 1. The maximum atomic E-state index is 12.9. The van der Waals surface area contributed by atoms with Crippen LogP contribution in [0.1, 0.15) is 18.1 Å². The molecule has 0 unspecified atom stereocenters. The molecular formula is C25H20ClNO5S. The SMILES string of the molecule is CCOc1cc(/C=C2\SC(=O)N(c3ccc(O)cc3)C2=O)ccc1OCc1ccc(Cl)cc1. The first-order valence-corrected chi connectivity index (χ1v) is 11.3. The van der Waals surface area contributed by atoms with E-state index in [2.05, 4.69) is 0 Å². The van der Waals surface area contributed by atoms with Crippen molar-refractivity contribution in [2.45, 2.75) is 13.5 Å². The van der Waals surface area contributed by atoms with E-state index in [1.54, 1.807) is 36.4 Å². The van der Waals surface area contributed by atoms with Crippen LogP contribution in [0.5, 0.6) is 17.2 Å². The lowest BCUT2D eigenvalue weighted by atomic mass is 10.1. The predicted molar refractivity (Wildman–Crippen MR) is 130 cm³/mol. The van der Waals surface area contributed by atoms with Gasteiger partial charge in [-0.25, -0.2) is 4.90 Å². The highest BCUT2D eigenvalue weighted by Gasteiger charge is 2.36. The Kier molecular flexibility index (Phi) is 6.91. The van der Waals surface area contributed by atoms with Crippen molar-refractivity contribution in [3.63, 3.8) is 0 Å². The lowest BCUT2D eigenvalue weighted by molar-refractivity contribution is -0.113. The Morgan fingerprint density at radius 3 is 2.39 bits per heavy atom. The smallest absolute Gasteiger partial charge is 0.298 e. The van der Waals surface area contributed by atoms with Gasteiger partial charge in [0.05, 0.1) is 17.2 Å². The highest BCUT2D eigenvalue weighted by molar-refractivity contribution is 8.19. The van der Waals surface area contributed by atoms with Crippen LogP contribution in [-0.2, 0) is 11.4 Å². The molecule has 1 heterocycles. The molecule has 3 aromatic rings. The van der Waals surface area contributed by atoms with Crippen LogP contribution in [0.2, 0.25) is 5.02 Å². The Morgan fingerprint density at radius 2 is 1.70 bits per heavy atom. The van der Waals surface area contributed by atoms with Gasteiger partial charge in [-0.2, -0.15) is 0 Å². The number of nitrogens with zero attached hydrogens (tertiary/aromatic N) is 1. The monoisotopic (exact) mass is 481 g/mol. The summed E-state index contributed by atoms with van der Waals surface area (Å²) in [5.41, 5.74) is 2.07. The number of imide groups is 1. The van der Waals surface area contributed by atoms with E-state index in [9.17, 15) is 14.7 Å². The number of carbonyl (C=O) groups is 2. The summed E-state index contributed by atoms with van der Waals surface area (Å²) in [6.45, 7) is 2.67. The number of ether oxygens (including phenoxy) is 2. The van der Waals surface area contributed by atoms with Crippen molar-refractivity contribution in [3.05, 3.63) is 87.8 Å². The maximum Gasteiger partial charge on any atom is 0.298 e. The Balaban J connectivity index is 1.54. The fourth-order valence-corrected chi connectivity index (χ4v) is 4.15. The molecule has 0 aliphatic carbocycles. The van der Waals surface area contributed by atoms with Crippen molar-refractivity contribution >= 4 is 46.3 Å². The molecule has 33 heavy (non-hydrogen) atoms. The highest BCUT2D eigenvalue weighted by atomic mass is 35.5. The van der Waals surface area contributed by atoms with Crippen LogP contribution in [0.3, 0.4) is 0 Å². The molecule has 1 aliphatic heterocycles. The average molecular weight is 482 g/mol. The predicted octanol–water partition coefficient (Wildman–Crippen LogP) is 6.26. The number of thioether (sulfide) groups is 1. The molecule has 3 aromatic carbocycles. The number of carbonyl (C=O) groups excluding carboxylic acids is 2. The summed E-state index contributed by atoms with van der Waals surface area (Å²) in [6.07, 6.45) is 1.65. The number of phenolic OH excluding ortho intramolecular Hbond substituents is 1. The molecule has 0 bridgehead atoms. The summed E-state index contributed by atoms with van der Waals surface area (Å²) in [5.74, 6) is 0.749. The van der Waals surface area contributed by atoms with Crippen LogP contribution in [0.4, 0.5) is 10.5 Å². The summed E-state index contributed by atoms with van der Waals surface area (Å²) in [7, 11) is 0. The van der Waals surface area contributed by atoms with Crippen LogP contribution < -0.4 is 14.4 Å². The van der Waals surface area contributed by atoms with Crippen molar-refractivity contribution in [2.75, 3.05) is 11.5 Å².